The molecule has 0 unspecified atom stereocenters. The van der Waals surface area contributed by atoms with Crippen LogP contribution in [0.25, 0.3) is 6.08 Å². The van der Waals surface area contributed by atoms with E-state index in [0.29, 0.717) is 0 Å². The fraction of sp³-hybridized carbons (Fsp3) is 0.333. The molecule has 0 fully saturated rings. The van der Waals surface area contributed by atoms with Crippen molar-refractivity contribution in [2.45, 2.75) is 25.1 Å². The SMILES string of the molecule is CCC/C=C/c1ccccc1CBr. The molecule has 0 aliphatic carbocycles. The molecule has 0 saturated carbocycles. The third kappa shape index (κ3) is 3.35. The largest absolute Gasteiger partial charge is 0.0876 e. The highest BCUT2D eigenvalue weighted by atomic mass is 79.9. The van der Waals surface area contributed by atoms with E-state index in [0.717, 1.165) is 11.8 Å². The van der Waals surface area contributed by atoms with Gasteiger partial charge in [0.2, 0.25) is 0 Å². The molecule has 13 heavy (non-hydrogen) atoms. The minimum absolute atomic E-state index is 0.930. The Labute approximate surface area is 88.8 Å². The Balaban J connectivity index is 2.74. The minimum Gasteiger partial charge on any atom is -0.0876 e. The zero-order valence-electron chi connectivity index (χ0n) is 7.96. The molecule has 0 nitrogen and oxygen atoms in total. The first kappa shape index (κ1) is 10.5. The van der Waals surface area contributed by atoms with Crippen LogP contribution >= 0.6 is 15.9 Å². The van der Waals surface area contributed by atoms with Crippen LogP contribution in [0.1, 0.15) is 30.9 Å². The van der Waals surface area contributed by atoms with Gasteiger partial charge in [0.15, 0.2) is 0 Å². The fourth-order valence-corrected chi connectivity index (χ4v) is 1.71. The summed E-state index contributed by atoms with van der Waals surface area (Å²) in [6.45, 7) is 2.20. The summed E-state index contributed by atoms with van der Waals surface area (Å²) in [6, 6.07) is 8.47. The lowest BCUT2D eigenvalue weighted by Gasteiger charge is -2.00. The Morgan fingerprint density at radius 2 is 2.08 bits per heavy atom. The van der Waals surface area contributed by atoms with Crippen LogP contribution in [-0.4, -0.2) is 0 Å². The van der Waals surface area contributed by atoms with E-state index in [1.807, 2.05) is 0 Å². The molecule has 0 bridgehead atoms. The molecule has 0 N–H and O–H groups in total. The van der Waals surface area contributed by atoms with Crippen molar-refractivity contribution in [1.82, 2.24) is 0 Å². The molecular weight excluding hydrogens is 224 g/mol. The minimum atomic E-state index is 0.930. The number of alkyl halides is 1. The fourth-order valence-electron chi connectivity index (χ4n) is 1.20. The van der Waals surface area contributed by atoms with Gasteiger partial charge in [-0.3, -0.25) is 0 Å². The highest BCUT2D eigenvalue weighted by molar-refractivity contribution is 9.08. The maximum atomic E-state index is 3.48. The second kappa shape index (κ2) is 5.98. The molecule has 0 atom stereocenters. The van der Waals surface area contributed by atoms with Gasteiger partial charge in [0.25, 0.3) is 0 Å². The van der Waals surface area contributed by atoms with Crippen LogP contribution in [0.2, 0.25) is 0 Å². The predicted molar refractivity (Wildman–Crippen MR) is 63.0 cm³/mol. The number of benzene rings is 1. The van der Waals surface area contributed by atoms with E-state index < -0.39 is 0 Å². The Morgan fingerprint density at radius 1 is 1.31 bits per heavy atom. The van der Waals surface area contributed by atoms with Gasteiger partial charge in [-0.05, 0) is 17.5 Å². The van der Waals surface area contributed by atoms with E-state index >= 15 is 0 Å². The lowest BCUT2D eigenvalue weighted by molar-refractivity contribution is 0.962. The summed E-state index contributed by atoms with van der Waals surface area (Å²) >= 11 is 3.48. The van der Waals surface area contributed by atoms with Gasteiger partial charge >= 0.3 is 0 Å². The molecule has 0 heterocycles. The number of rotatable bonds is 4. The van der Waals surface area contributed by atoms with Crippen LogP contribution in [0.15, 0.2) is 30.3 Å². The summed E-state index contributed by atoms with van der Waals surface area (Å²) in [5, 5.41) is 0.930. The van der Waals surface area contributed by atoms with Crippen molar-refractivity contribution in [3.63, 3.8) is 0 Å². The molecule has 1 rings (SSSR count). The molecule has 0 saturated heterocycles. The van der Waals surface area contributed by atoms with Gasteiger partial charge in [0.1, 0.15) is 0 Å². The molecule has 1 aromatic carbocycles. The molecule has 0 spiro atoms. The highest BCUT2D eigenvalue weighted by Crippen LogP contribution is 2.14. The van der Waals surface area contributed by atoms with Crippen molar-refractivity contribution in [3.8, 4) is 0 Å². The molecule has 0 amide bonds. The van der Waals surface area contributed by atoms with Crippen LogP contribution in [0.5, 0.6) is 0 Å². The summed E-state index contributed by atoms with van der Waals surface area (Å²) in [4.78, 5) is 0. The molecule has 0 aliphatic heterocycles. The lowest BCUT2D eigenvalue weighted by Crippen LogP contribution is -1.82. The summed E-state index contributed by atoms with van der Waals surface area (Å²) in [7, 11) is 0. The van der Waals surface area contributed by atoms with Crippen LogP contribution < -0.4 is 0 Å². The average Bonchev–Trinajstić information content (AvgIpc) is 2.19. The van der Waals surface area contributed by atoms with E-state index in [2.05, 4.69) is 59.3 Å². The van der Waals surface area contributed by atoms with Gasteiger partial charge in [-0.15, -0.1) is 0 Å². The van der Waals surface area contributed by atoms with Crippen LogP contribution in [0.3, 0.4) is 0 Å². The lowest BCUT2D eigenvalue weighted by atomic mass is 10.1. The summed E-state index contributed by atoms with van der Waals surface area (Å²) in [5.74, 6) is 0. The quantitative estimate of drug-likeness (QED) is 0.683. The molecule has 0 aromatic heterocycles. The van der Waals surface area contributed by atoms with Crippen molar-refractivity contribution < 1.29 is 0 Å². The predicted octanol–water partition coefficient (Wildman–Crippen LogP) is 4.39. The Morgan fingerprint density at radius 3 is 2.77 bits per heavy atom. The number of hydrogen-bond acceptors (Lipinski definition) is 0. The van der Waals surface area contributed by atoms with Crippen molar-refractivity contribution in [3.05, 3.63) is 41.5 Å². The van der Waals surface area contributed by atoms with Gasteiger partial charge in [-0.1, -0.05) is 65.7 Å². The molecule has 1 heteroatoms. The van der Waals surface area contributed by atoms with Gasteiger partial charge < -0.3 is 0 Å². The average molecular weight is 239 g/mol. The van der Waals surface area contributed by atoms with E-state index in [1.165, 1.54) is 17.5 Å². The number of allylic oxidation sites excluding steroid dienone is 1. The van der Waals surface area contributed by atoms with Gasteiger partial charge in [0, 0.05) is 5.33 Å². The molecular formula is C12H15Br. The van der Waals surface area contributed by atoms with Gasteiger partial charge in [-0.2, -0.15) is 0 Å². The maximum absolute atomic E-state index is 3.48. The summed E-state index contributed by atoms with van der Waals surface area (Å²) in [6.07, 6.45) is 6.82. The molecule has 0 radical (unpaired) electrons. The van der Waals surface area contributed by atoms with E-state index in [1.54, 1.807) is 0 Å². The monoisotopic (exact) mass is 238 g/mol. The third-order valence-corrected chi connectivity index (χ3v) is 2.56. The van der Waals surface area contributed by atoms with E-state index in [9.17, 15) is 0 Å². The first-order valence-electron chi connectivity index (χ1n) is 4.69. The zero-order chi connectivity index (χ0) is 9.52. The van der Waals surface area contributed by atoms with Crippen molar-refractivity contribution >= 4 is 22.0 Å². The second-order valence-corrected chi connectivity index (χ2v) is 3.58. The first-order chi connectivity index (χ1) is 6.38. The Kier molecular flexibility index (Phi) is 4.84. The van der Waals surface area contributed by atoms with Crippen LogP contribution in [0.4, 0.5) is 0 Å². The smallest absolute Gasteiger partial charge is 0.0288 e. The maximum Gasteiger partial charge on any atom is 0.0288 e. The van der Waals surface area contributed by atoms with Gasteiger partial charge in [0.05, 0.1) is 0 Å². The second-order valence-electron chi connectivity index (χ2n) is 3.02. The summed E-state index contributed by atoms with van der Waals surface area (Å²) < 4.78 is 0. The summed E-state index contributed by atoms with van der Waals surface area (Å²) in [5.41, 5.74) is 2.68. The van der Waals surface area contributed by atoms with E-state index in [4.69, 9.17) is 0 Å². The number of unbranched alkanes of at least 4 members (excludes halogenated alkanes) is 1. The van der Waals surface area contributed by atoms with Crippen molar-refractivity contribution in [2.24, 2.45) is 0 Å². The molecule has 70 valence electrons. The third-order valence-electron chi connectivity index (χ3n) is 1.95. The van der Waals surface area contributed by atoms with Crippen molar-refractivity contribution in [1.29, 1.82) is 0 Å². The zero-order valence-corrected chi connectivity index (χ0v) is 9.55. The highest BCUT2D eigenvalue weighted by Gasteiger charge is 1.94. The normalized spacial score (nSPS) is 10.9. The number of halogens is 1. The van der Waals surface area contributed by atoms with Crippen molar-refractivity contribution in [2.75, 3.05) is 0 Å². The molecule has 1 aromatic rings. The van der Waals surface area contributed by atoms with Crippen LogP contribution in [0, 0.1) is 0 Å². The Hall–Kier alpha value is -0.560. The van der Waals surface area contributed by atoms with Crippen LogP contribution in [-0.2, 0) is 5.33 Å². The Bertz CT molecular complexity index is 276. The topological polar surface area (TPSA) is 0 Å². The standard InChI is InChI=1S/C12H15Br/c1-2-3-4-7-11-8-5-6-9-12(11)10-13/h4-9H,2-3,10H2,1H3/b7-4+. The number of hydrogen-bond donors (Lipinski definition) is 0. The van der Waals surface area contributed by atoms with E-state index in [-0.39, 0.29) is 0 Å². The first-order valence-corrected chi connectivity index (χ1v) is 5.81. The van der Waals surface area contributed by atoms with Gasteiger partial charge in [-0.25, -0.2) is 0 Å². The molecule has 0 aliphatic rings.